The van der Waals surface area contributed by atoms with E-state index in [0.717, 1.165) is 10.5 Å². The lowest BCUT2D eigenvalue weighted by Crippen LogP contribution is -2.32. The van der Waals surface area contributed by atoms with Crippen LogP contribution >= 0.6 is 11.8 Å². The molecule has 1 aliphatic rings. The normalized spacial score (nSPS) is 12.9. The van der Waals surface area contributed by atoms with Crippen LogP contribution in [0.4, 0.5) is 5.69 Å². The van der Waals surface area contributed by atoms with Crippen LogP contribution in [0.5, 0.6) is 0 Å². The molecule has 152 valence electrons. The van der Waals surface area contributed by atoms with Crippen LogP contribution in [0.2, 0.25) is 0 Å². The van der Waals surface area contributed by atoms with Gasteiger partial charge in [-0.3, -0.25) is 19.3 Å². The lowest BCUT2D eigenvalue weighted by Gasteiger charge is -2.14. The van der Waals surface area contributed by atoms with Crippen molar-refractivity contribution in [3.8, 4) is 5.69 Å². The lowest BCUT2D eigenvalue weighted by molar-refractivity contribution is -0.116. The molecule has 9 nitrogen and oxygen atoms in total. The molecule has 0 aliphatic carbocycles. The number of fused-ring (bicyclic) bond motifs is 1. The number of amides is 3. The monoisotopic (exact) mass is 422 g/mol. The number of hydrogen-bond donors (Lipinski definition) is 1. The Balaban J connectivity index is 1.41. The average Bonchev–Trinajstić information content (AvgIpc) is 3.30. The molecule has 4 rings (SSSR count). The number of tetrazole rings is 1. The molecule has 3 aromatic rings. The molecule has 0 spiro atoms. The second-order valence-electron chi connectivity index (χ2n) is 6.74. The Bertz CT molecular complexity index is 1160. The number of aryl methyl sites for hydroxylation is 1. The van der Waals surface area contributed by atoms with Crippen LogP contribution in [0, 0.1) is 6.92 Å². The fourth-order valence-corrected chi connectivity index (χ4v) is 3.66. The van der Waals surface area contributed by atoms with Crippen LogP contribution in [0.3, 0.4) is 0 Å². The molecule has 0 atom stereocenters. The standard InChI is InChI=1S/C20H18N6O3S/c1-12-6-7-15-16(10-12)19(29)25(18(15)28)9-8-17(27)21-13-4-3-5-14(11-13)26-20(30-2)22-23-24-26/h3-7,10-11H,8-9H2,1-2H3,(H,21,27). The van der Waals surface area contributed by atoms with Gasteiger partial charge in [0.2, 0.25) is 11.1 Å². The fourth-order valence-electron chi connectivity index (χ4n) is 3.23. The summed E-state index contributed by atoms with van der Waals surface area (Å²) in [7, 11) is 0. The number of hydrogen-bond acceptors (Lipinski definition) is 7. The van der Waals surface area contributed by atoms with Gasteiger partial charge in [0.15, 0.2) is 0 Å². The number of benzene rings is 2. The van der Waals surface area contributed by atoms with Gasteiger partial charge in [0.25, 0.3) is 11.8 Å². The van der Waals surface area contributed by atoms with Gasteiger partial charge in [0.1, 0.15) is 0 Å². The molecule has 0 unspecified atom stereocenters. The number of carbonyl (C=O) groups is 3. The molecule has 3 amide bonds. The Hall–Kier alpha value is -3.53. The van der Waals surface area contributed by atoms with Crippen LogP contribution in [0.15, 0.2) is 47.6 Å². The Morgan fingerprint density at radius 2 is 1.90 bits per heavy atom. The Kier molecular flexibility index (Phi) is 5.32. The van der Waals surface area contributed by atoms with Crippen molar-refractivity contribution in [1.82, 2.24) is 25.1 Å². The number of rotatable bonds is 6. The third kappa shape index (κ3) is 3.69. The molecule has 30 heavy (non-hydrogen) atoms. The summed E-state index contributed by atoms with van der Waals surface area (Å²) in [6.07, 6.45) is 1.87. The fraction of sp³-hybridized carbons (Fsp3) is 0.200. The summed E-state index contributed by atoms with van der Waals surface area (Å²) in [4.78, 5) is 38.5. The van der Waals surface area contributed by atoms with Crippen molar-refractivity contribution in [3.63, 3.8) is 0 Å². The van der Waals surface area contributed by atoms with Crippen molar-refractivity contribution in [3.05, 3.63) is 59.2 Å². The van der Waals surface area contributed by atoms with Crippen molar-refractivity contribution < 1.29 is 14.4 Å². The molecule has 1 aromatic heterocycles. The molecule has 2 heterocycles. The molecule has 2 aromatic carbocycles. The summed E-state index contributed by atoms with van der Waals surface area (Å²) < 4.78 is 1.57. The predicted octanol–water partition coefficient (Wildman–Crippen LogP) is 2.32. The van der Waals surface area contributed by atoms with Gasteiger partial charge >= 0.3 is 0 Å². The zero-order chi connectivity index (χ0) is 21.3. The van der Waals surface area contributed by atoms with Crippen molar-refractivity contribution >= 4 is 35.2 Å². The van der Waals surface area contributed by atoms with Crippen LogP contribution in [-0.4, -0.2) is 55.6 Å². The van der Waals surface area contributed by atoms with Gasteiger partial charge in [-0.25, -0.2) is 0 Å². The van der Waals surface area contributed by atoms with Gasteiger partial charge in [-0.1, -0.05) is 29.5 Å². The molecular formula is C20H18N6O3S. The van der Waals surface area contributed by atoms with E-state index in [9.17, 15) is 14.4 Å². The van der Waals surface area contributed by atoms with Crippen LogP contribution in [0.1, 0.15) is 32.7 Å². The summed E-state index contributed by atoms with van der Waals surface area (Å²) in [5.41, 5.74) is 2.95. The van der Waals surface area contributed by atoms with Gasteiger partial charge in [-0.15, -0.1) is 5.10 Å². The Morgan fingerprint density at radius 3 is 2.70 bits per heavy atom. The molecule has 0 saturated carbocycles. The quantitative estimate of drug-likeness (QED) is 0.479. The number of aromatic nitrogens is 4. The number of imide groups is 1. The van der Waals surface area contributed by atoms with Gasteiger partial charge in [-0.05, 0) is 53.9 Å². The number of carbonyl (C=O) groups excluding carboxylic acids is 3. The molecule has 0 saturated heterocycles. The summed E-state index contributed by atoms with van der Waals surface area (Å²) in [5.74, 6) is -1.04. The maximum Gasteiger partial charge on any atom is 0.261 e. The third-order valence-corrected chi connectivity index (χ3v) is 5.31. The van der Waals surface area contributed by atoms with E-state index in [2.05, 4.69) is 20.8 Å². The zero-order valence-electron chi connectivity index (χ0n) is 16.3. The highest BCUT2D eigenvalue weighted by atomic mass is 32.2. The number of thioether (sulfide) groups is 1. The average molecular weight is 422 g/mol. The molecule has 0 fully saturated rings. The van der Waals surface area contributed by atoms with E-state index in [0.29, 0.717) is 27.7 Å². The van der Waals surface area contributed by atoms with Crippen LogP contribution in [-0.2, 0) is 4.79 Å². The first-order chi connectivity index (χ1) is 14.5. The van der Waals surface area contributed by atoms with Gasteiger partial charge < -0.3 is 5.32 Å². The highest BCUT2D eigenvalue weighted by Crippen LogP contribution is 2.24. The Labute approximate surface area is 176 Å². The first-order valence-electron chi connectivity index (χ1n) is 9.17. The smallest absolute Gasteiger partial charge is 0.261 e. The molecule has 1 N–H and O–H groups in total. The van der Waals surface area contributed by atoms with Crippen LogP contribution in [0.25, 0.3) is 5.69 Å². The molecule has 0 bridgehead atoms. The molecule has 1 aliphatic heterocycles. The van der Waals surface area contributed by atoms with E-state index in [4.69, 9.17) is 0 Å². The number of nitrogens with one attached hydrogen (secondary N) is 1. The van der Waals surface area contributed by atoms with Crippen molar-refractivity contribution in [2.24, 2.45) is 0 Å². The van der Waals surface area contributed by atoms with Crippen molar-refractivity contribution in [2.75, 3.05) is 18.1 Å². The van der Waals surface area contributed by atoms with E-state index < -0.39 is 0 Å². The van der Waals surface area contributed by atoms with Crippen LogP contribution < -0.4 is 5.32 Å². The van der Waals surface area contributed by atoms with E-state index in [-0.39, 0.29) is 30.7 Å². The minimum atomic E-state index is -0.368. The Morgan fingerprint density at radius 1 is 1.10 bits per heavy atom. The lowest BCUT2D eigenvalue weighted by atomic mass is 10.1. The maximum absolute atomic E-state index is 12.5. The molecule has 0 radical (unpaired) electrons. The summed E-state index contributed by atoms with van der Waals surface area (Å²) >= 11 is 1.41. The highest BCUT2D eigenvalue weighted by molar-refractivity contribution is 7.98. The number of anilines is 1. The minimum absolute atomic E-state index is 0.00434. The maximum atomic E-state index is 12.5. The van der Waals surface area contributed by atoms with Gasteiger partial charge in [0, 0.05) is 18.7 Å². The van der Waals surface area contributed by atoms with E-state index in [1.54, 1.807) is 41.1 Å². The topological polar surface area (TPSA) is 110 Å². The summed E-state index contributed by atoms with van der Waals surface area (Å²) in [6.45, 7) is 1.88. The predicted molar refractivity (Wildman–Crippen MR) is 111 cm³/mol. The van der Waals surface area contributed by atoms with Crippen molar-refractivity contribution in [2.45, 2.75) is 18.5 Å². The van der Waals surface area contributed by atoms with E-state index in [1.807, 2.05) is 19.2 Å². The summed E-state index contributed by atoms with van der Waals surface area (Å²) in [5, 5.41) is 14.9. The zero-order valence-corrected chi connectivity index (χ0v) is 17.1. The van der Waals surface area contributed by atoms with Crippen molar-refractivity contribution in [1.29, 1.82) is 0 Å². The highest BCUT2D eigenvalue weighted by Gasteiger charge is 2.35. The SMILES string of the molecule is CSc1nnnn1-c1cccc(NC(=O)CCN2C(=O)c3ccc(C)cc3C2=O)c1. The number of nitrogens with zero attached hydrogens (tertiary/aromatic N) is 5. The van der Waals surface area contributed by atoms with Gasteiger partial charge in [0.05, 0.1) is 16.8 Å². The first kappa shape index (κ1) is 19.8. The second-order valence-corrected chi connectivity index (χ2v) is 7.51. The van der Waals surface area contributed by atoms with E-state index in [1.165, 1.54) is 11.8 Å². The molecular weight excluding hydrogens is 404 g/mol. The summed E-state index contributed by atoms with van der Waals surface area (Å²) in [6, 6.07) is 12.2. The van der Waals surface area contributed by atoms with Gasteiger partial charge in [-0.2, -0.15) is 4.68 Å². The second kappa shape index (κ2) is 8.07. The third-order valence-electron chi connectivity index (χ3n) is 4.69. The minimum Gasteiger partial charge on any atom is -0.326 e. The first-order valence-corrected chi connectivity index (χ1v) is 10.4. The largest absolute Gasteiger partial charge is 0.326 e. The molecule has 10 heteroatoms. The van der Waals surface area contributed by atoms with E-state index >= 15 is 0 Å².